The Bertz CT molecular complexity index is 469. The van der Waals surface area contributed by atoms with E-state index in [1.165, 1.54) is 0 Å². The highest BCUT2D eigenvalue weighted by Gasteiger charge is 2.21. The van der Waals surface area contributed by atoms with Gasteiger partial charge < -0.3 is 18.9 Å². The minimum absolute atomic E-state index is 0.0424. The molecule has 0 aliphatic carbocycles. The van der Waals surface area contributed by atoms with Gasteiger partial charge in [-0.2, -0.15) is 4.98 Å². The number of aromatic nitrogens is 2. The highest BCUT2D eigenvalue weighted by Crippen LogP contribution is 2.13. The lowest BCUT2D eigenvalue weighted by atomic mass is 10.1. The molecule has 0 N–H and O–H groups in total. The summed E-state index contributed by atoms with van der Waals surface area (Å²) in [6.45, 7) is 7.28. The zero-order chi connectivity index (χ0) is 15.9. The second-order valence-electron chi connectivity index (χ2n) is 5.85. The summed E-state index contributed by atoms with van der Waals surface area (Å²) in [6.07, 6.45) is 3.40. The molecule has 1 fully saturated rings. The second kappa shape index (κ2) is 8.24. The number of carbonyl (C=O) groups excluding carboxylic acids is 1. The van der Waals surface area contributed by atoms with Crippen molar-refractivity contribution in [3.05, 3.63) is 11.7 Å². The van der Waals surface area contributed by atoms with Gasteiger partial charge >= 0.3 is 0 Å². The Kier molecular flexibility index (Phi) is 6.33. The fourth-order valence-electron chi connectivity index (χ4n) is 2.42. The largest absolute Gasteiger partial charge is 0.376 e. The summed E-state index contributed by atoms with van der Waals surface area (Å²) in [4.78, 5) is 18.1. The van der Waals surface area contributed by atoms with E-state index in [1.807, 2.05) is 13.8 Å². The molecular formula is C15H25N3O4. The summed E-state index contributed by atoms with van der Waals surface area (Å²) >= 11 is 0. The number of amides is 1. The first-order chi connectivity index (χ1) is 10.6. The van der Waals surface area contributed by atoms with Crippen LogP contribution in [0.4, 0.5) is 0 Å². The molecule has 22 heavy (non-hydrogen) atoms. The van der Waals surface area contributed by atoms with Gasteiger partial charge in [0.05, 0.1) is 19.3 Å². The van der Waals surface area contributed by atoms with E-state index in [-0.39, 0.29) is 24.7 Å². The van der Waals surface area contributed by atoms with Gasteiger partial charge in [-0.1, -0.05) is 5.16 Å². The van der Waals surface area contributed by atoms with E-state index in [2.05, 4.69) is 10.1 Å². The number of hydrogen-bond donors (Lipinski definition) is 0. The molecule has 1 aromatic heterocycles. The maximum atomic E-state index is 12.3. The molecule has 2 rings (SSSR count). The monoisotopic (exact) mass is 311 g/mol. The van der Waals surface area contributed by atoms with Crippen LogP contribution in [-0.4, -0.2) is 52.9 Å². The van der Waals surface area contributed by atoms with Crippen molar-refractivity contribution in [2.24, 2.45) is 0 Å². The average Bonchev–Trinajstić information content (AvgIpc) is 2.91. The lowest BCUT2D eigenvalue weighted by molar-refractivity contribution is -0.140. The lowest BCUT2D eigenvalue weighted by Gasteiger charge is -2.26. The van der Waals surface area contributed by atoms with Gasteiger partial charge in [0.2, 0.25) is 11.8 Å². The standard InChI is InChI=1S/C15H25N3O4/c1-11(2)18(8-14-16-12(3)22-17-14)15(19)10-20-9-13-6-4-5-7-21-13/h11,13H,4-10H2,1-3H3/t13-/m1/s1. The predicted octanol–water partition coefficient (Wildman–Crippen LogP) is 1.70. The Hall–Kier alpha value is -1.47. The Morgan fingerprint density at radius 1 is 1.45 bits per heavy atom. The first kappa shape index (κ1) is 16.9. The third kappa shape index (κ3) is 5.06. The van der Waals surface area contributed by atoms with Gasteiger partial charge in [0, 0.05) is 19.6 Å². The van der Waals surface area contributed by atoms with Crippen LogP contribution in [0, 0.1) is 6.92 Å². The fraction of sp³-hybridized carbons (Fsp3) is 0.800. The molecule has 124 valence electrons. The van der Waals surface area contributed by atoms with E-state index in [9.17, 15) is 4.79 Å². The lowest BCUT2D eigenvalue weighted by Crippen LogP contribution is -2.39. The maximum Gasteiger partial charge on any atom is 0.249 e. The van der Waals surface area contributed by atoms with Gasteiger partial charge in [-0.25, -0.2) is 0 Å². The highest BCUT2D eigenvalue weighted by atomic mass is 16.5. The molecule has 0 bridgehead atoms. The van der Waals surface area contributed by atoms with Crippen molar-refractivity contribution in [1.29, 1.82) is 0 Å². The Morgan fingerprint density at radius 2 is 2.27 bits per heavy atom. The summed E-state index contributed by atoms with van der Waals surface area (Å²) < 4.78 is 16.1. The second-order valence-corrected chi connectivity index (χ2v) is 5.85. The number of rotatable bonds is 7. The van der Waals surface area contributed by atoms with Crippen LogP contribution in [-0.2, 0) is 20.8 Å². The summed E-state index contributed by atoms with van der Waals surface area (Å²) in [5.41, 5.74) is 0. The molecule has 1 aliphatic rings. The molecule has 1 aromatic rings. The van der Waals surface area contributed by atoms with Crippen LogP contribution in [0.2, 0.25) is 0 Å². The quantitative estimate of drug-likeness (QED) is 0.763. The Balaban J connectivity index is 1.78. The molecule has 1 saturated heterocycles. The Morgan fingerprint density at radius 3 is 2.86 bits per heavy atom. The predicted molar refractivity (Wildman–Crippen MR) is 79.1 cm³/mol. The molecule has 2 heterocycles. The van der Waals surface area contributed by atoms with E-state index in [1.54, 1.807) is 11.8 Å². The van der Waals surface area contributed by atoms with Crippen LogP contribution in [0.5, 0.6) is 0 Å². The molecule has 7 heteroatoms. The molecule has 7 nitrogen and oxygen atoms in total. The van der Waals surface area contributed by atoms with E-state index < -0.39 is 0 Å². The minimum Gasteiger partial charge on any atom is -0.376 e. The molecule has 1 aliphatic heterocycles. The van der Waals surface area contributed by atoms with Crippen molar-refractivity contribution in [2.45, 2.75) is 58.7 Å². The van der Waals surface area contributed by atoms with E-state index >= 15 is 0 Å². The van der Waals surface area contributed by atoms with Crippen molar-refractivity contribution < 1.29 is 18.8 Å². The summed E-state index contributed by atoms with van der Waals surface area (Å²) in [5.74, 6) is 0.931. The number of aryl methyl sites for hydroxylation is 1. The first-order valence-corrected chi connectivity index (χ1v) is 7.84. The maximum absolute atomic E-state index is 12.3. The van der Waals surface area contributed by atoms with Crippen molar-refractivity contribution in [3.63, 3.8) is 0 Å². The van der Waals surface area contributed by atoms with Gasteiger partial charge in [-0.05, 0) is 33.1 Å². The smallest absolute Gasteiger partial charge is 0.249 e. The molecule has 0 spiro atoms. The summed E-state index contributed by atoms with van der Waals surface area (Å²) in [6, 6.07) is 0.0424. The van der Waals surface area contributed by atoms with Crippen LogP contribution in [0.25, 0.3) is 0 Å². The molecule has 1 amide bonds. The zero-order valence-corrected chi connectivity index (χ0v) is 13.6. The van der Waals surface area contributed by atoms with Crippen molar-refractivity contribution in [3.8, 4) is 0 Å². The number of hydrogen-bond acceptors (Lipinski definition) is 6. The van der Waals surface area contributed by atoms with E-state index in [0.717, 1.165) is 25.9 Å². The first-order valence-electron chi connectivity index (χ1n) is 7.84. The number of nitrogens with zero attached hydrogens (tertiary/aromatic N) is 3. The van der Waals surface area contributed by atoms with Crippen LogP contribution in [0.15, 0.2) is 4.52 Å². The van der Waals surface area contributed by atoms with Gasteiger partial charge in [-0.15, -0.1) is 0 Å². The number of carbonyl (C=O) groups is 1. The van der Waals surface area contributed by atoms with Crippen molar-refractivity contribution >= 4 is 5.91 Å². The Labute approximate surface area is 131 Å². The van der Waals surface area contributed by atoms with Gasteiger partial charge in [0.25, 0.3) is 0 Å². The highest BCUT2D eigenvalue weighted by molar-refractivity contribution is 5.77. The van der Waals surface area contributed by atoms with Gasteiger partial charge in [-0.3, -0.25) is 4.79 Å². The van der Waals surface area contributed by atoms with Gasteiger partial charge in [0.1, 0.15) is 6.61 Å². The van der Waals surface area contributed by atoms with Crippen LogP contribution in [0.3, 0.4) is 0 Å². The van der Waals surface area contributed by atoms with Crippen LogP contribution in [0.1, 0.15) is 44.8 Å². The molecule has 0 unspecified atom stereocenters. The normalized spacial score (nSPS) is 18.6. The SMILES string of the molecule is Cc1nc(CN(C(=O)COC[C@H]2CCCCO2)C(C)C)no1. The third-order valence-electron chi connectivity index (χ3n) is 3.63. The van der Waals surface area contributed by atoms with Crippen molar-refractivity contribution in [2.75, 3.05) is 19.8 Å². The average molecular weight is 311 g/mol. The van der Waals surface area contributed by atoms with Gasteiger partial charge in [0.15, 0.2) is 5.82 Å². The third-order valence-corrected chi connectivity index (χ3v) is 3.63. The molecule has 0 saturated carbocycles. The number of ether oxygens (including phenoxy) is 2. The molecular weight excluding hydrogens is 286 g/mol. The summed E-state index contributed by atoms with van der Waals surface area (Å²) in [5, 5.41) is 3.83. The molecule has 0 aromatic carbocycles. The van der Waals surface area contributed by atoms with E-state index in [0.29, 0.717) is 24.9 Å². The fourth-order valence-corrected chi connectivity index (χ4v) is 2.42. The molecule has 0 radical (unpaired) electrons. The topological polar surface area (TPSA) is 77.7 Å². The molecule has 1 atom stereocenters. The van der Waals surface area contributed by atoms with E-state index in [4.69, 9.17) is 14.0 Å². The minimum atomic E-state index is -0.0757. The zero-order valence-electron chi connectivity index (χ0n) is 13.6. The van der Waals surface area contributed by atoms with Crippen LogP contribution >= 0.6 is 0 Å². The van der Waals surface area contributed by atoms with Crippen molar-refractivity contribution in [1.82, 2.24) is 15.0 Å². The summed E-state index contributed by atoms with van der Waals surface area (Å²) in [7, 11) is 0. The van der Waals surface area contributed by atoms with Crippen LogP contribution < -0.4 is 0 Å².